The molecule has 1 heterocycles. The van der Waals surface area contributed by atoms with E-state index in [-0.39, 0.29) is 30.7 Å². The van der Waals surface area contributed by atoms with Gasteiger partial charge in [0.1, 0.15) is 5.82 Å². The van der Waals surface area contributed by atoms with Gasteiger partial charge in [0.05, 0.1) is 27.3 Å². The van der Waals surface area contributed by atoms with E-state index in [9.17, 15) is 14.0 Å². The topological polar surface area (TPSA) is 79.9 Å². The van der Waals surface area contributed by atoms with Crippen molar-refractivity contribution in [3.63, 3.8) is 0 Å². The normalized spacial score (nSPS) is 13.3. The zero-order valence-electron chi connectivity index (χ0n) is 16.5. The van der Waals surface area contributed by atoms with Gasteiger partial charge in [-0.05, 0) is 53.9 Å². The van der Waals surface area contributed by atoms with Gasteiger partial charge in [0.15, 0.2) is 11.5 Å². The number of hydrogen-bond acceptors (Lipinski definition) is 5. The molecule has 2 aromatic rings. The molecule has 7 nitrogen and oxygen atoms in total. The van der Waals surface area contributed by atoms with Crippen molar-refractivity contribution in [3.05, 3.63) is 53.3 Å². The predicted octanol–water partition coefficient (Wildman–Crippen LogP) is 1.96. The number of anilines is 1. The maximum atomic E-state index is 12.9. The molecule has 0 bridgehead atoms. The molecule has 29 heavy (non-hydrogen) atoms. The zero-order chi connectivity index (χ0) is 20.8. The molecular formula is C21H24FN3O4. The molecule has 0 saturated heterocycles. The molecular weight excluding hydrogens is 377 g/mol. The minimum absolute atomic E-state index is 0.147. The van der Waals surface area contributed by atoms with Gasteiger partial charge < -0.3 is 20.1 Å². The summed E-state index contributed by atoms with van der Waals surface area (Å²) in [7, 11) is 3.20. The molecule has 1 aliphatic heterocycles. The standard InChI is InChI=1S/C21H24FN3O4/c1-28-18-9-14-7-8-25(12-15(14)10-19(18)29-2)13-21(27)23-11-20(26)24-17-5-3-16(22)4-6-17/h3-6,9-10H,7-8,11-13H2,1-2H3,(H,23,27)(H,24,26). The van der Waals surface area contributed by atoms with Crippen LogP contribution in [0.2, 0.25) is 0 Å². The molecule has 2 N–H and O–H groups in total. The van der Waals surface area contributed by atoms with Gasteiger partial charge >= 0.3 is 0 Å². The van der Waals surface area contributed by atoms with Crippen molar-refractivity contribution >= 4 is 17.5 Å². The van der Waals surface area contributed by atoms with Crippen LogP contribution in [0.3, 0.4) is 0 Å². The van der Waals surface area contributed by atoms with Crippen molar-refractivity contribution in [2.24, 2.45) is 0 Å². The molecule has 1 aliphatic rings. The van der Waals surface area contributed by atoms with Crippen LogP contribution in [-0.4, -0.2) is 50.6 Å². The second kappa shape index (κ2) is 9.38. The van der Waals surface area contributed by atoms with Crippen molar-refractivity contribution < 1.29 is 23.5 Å². The monoisotopic (exact) mass is 401 g/mol. The van der Waals surface area contributed by atoms with Gasteiger partial charge in [-0.2, -0.15) is 0 Å². The molecule has 2 aromatic carbocycles. The first-order chi connectivity index (χ1) is 14.0. The number of rotatable bonds is 7. The lowest BCUT2D eigenvalue weighted by atomic mass is 9.99. The number of carbonyl (C=O) groups excluding carboxylic acids is 2. The van der Waals surface area contributed by atoms with E-state index in [1.165, 1.54) is 29.8 Å². The number of ether oxygens (including phenoxy) is 2. The molecule has 3 rings (SSSR count). The highest BCUT2D eigenvalue weighted by Crippen LogP contribution is 2.33. The van der Waals surface area contributed by atoms with Crippen molar-refractivity contribution in [3.8, 4) is 11.5 Å². The van der Waals surface area contributed by atoms with E-state index < -0.39 is 0 Å². The molecule has 0 fully saturated rings. The Bertz CT molecular complexity index is 886. The van der Waals surface area contributed by atoms with Crippen molar-refractivity contribution in [1.29, 1.82) is 0 Å². The third-order valence-electron chi connectivity index (χ3n) is 4.74. The van der Waals surface area contributed by atoms with Crippen molar-refractivity contribution in [1.82, 2.24) is 10.2 Å². The van der Waals surface area contributed by atoms with Crippen LogP contribution in [0.4, 0.5) is 10.1 Å². The van der Waals surface area contributed by atoms with Crippen LogP contribution in [0.5, 0.6) is 11.5 Å². The van der Waals surface area contributed by atoms with Crippen molar-refractivity contribution in [2.45, 2.75) is 13.0 Å². The van der Waals surface area contributed by atoms with Gasteiger partial charge in [-0.15, -0.1) is 0 Å². The summed E-state index contributed by atoms with van der Waals surface area (Å²) in [6.07, 6.45) is 0.800. The summed E-state index contributed by atoms with van der Waals surface area (Å²) >= 11 is 0. The first-order valence-corrected chi connectivity index (χ1v) is 9.26. The summed E-state index contributed by atoms with van der Waals surface area (Å²) in [6, 6.07) is 9.35. The molecule has 154 valence electrons. The van der Waals surface area contributed by atoms with E-state index in [0.717, 1.165) is 18.5 Å². The molecule has 0 unspecified atom stereocenters. The third-order valence-corrected chi connectivity index (χ3v) is 4.74. The highest BCUT2D eigenvalue weighted by molar-refractivity contribution is 5.94. The van der Waals surface area contributed by atoms with Crippen molar-refractivity contribution in [2.75, 3.05) is 39.2 Å². The quantitative estimate of drug-likeness (QED) is 0.742. The summed E-state index contributed by atoms with van der Waals surface area (Å²) in [5, 5.41) is 5.22. The Balaban J connectivity index is 1.49. The number of benzene rings is 2. The fourth-order valence-corrected chi connectivity index (χ4v) is 3.25. The minimum Gasteiger partial charge on any atom is -0.493 e. The lowest BCUT2D eigenvalue weighted by Crippen LogP contribution is -2.42. The summed E-state index contributed by atoms with van der Waals surface area (Å²) in [4.78, 5) is 26.2. The Kier molecular flexibility index (Phi) is 6.66. The molecule has 8 heteroatoms. The SMILES string of the molecule is COc1cc2c(cc1OC)CN(CC(=O)NCC(=O)Nc1ccc(F)cc1)CC2. The van der Waals surface area contributed by atoms with Crippen LogP contribution in [-0.2, 0) is 22.6 Å². The molecule has 0 spiro atoms. The number of hydrogen-bond donors (Lipinski definition) is 2. The predicted molar refractivity (Wildman–Crippen MR) is 107 cm³/mol. The summed E-state index contributed by atoms with van der Waals surface area (Å²) in [5.41, 5.74) is 2.75. The molecule has 0 aromatic heterocycles. The maximum absolute atomic E-state index is 12.9. The number of nitrogens with zero attached hydrogens (tertiary/aromatic N) is 1. The Labute approximate surface area is 168 Å². The number of halogens is 1. The average molecular weight is 401 g/mol. The number of fused-ring (bicyclic) bond motifs is 1. The van der Waals surface area contributed by atoms with Gasteiger partial charge in [0, 0.05) is 18.8 Å². The Morgan fingerprint density at radius 1 is 1.03 bits per heavy atom. The molecule has 0 aliphatic carbocycles. The van der Waals surface area contributed by atoms with E-state index in [1.807, 2.05) is 17.0 Å². The van der Waals surface area contributed by atoms with Crippen LogP contribution in [0, 0.1) is 5.82 Å². The highest BCUT2D eigenvalue weighted by Gasteiger charge is 2.21. The summed E-state index contributed by atoms with van der Waals surface area (Å²) in [6.45, 7) is 1.39. The number of carbonyl (C=O) groups is 2. The maximum Gasteiger partial charge on any atom is 0.243 e. The van der Waals surface area contributed by atoms with Gasteiger partial charge in [0.25, 0.3) is 0 Å². The summed E-state index contributed by atoms with van der Waals surface area (Å²) < 4.78 is 23.6. The lowest BCUT2D eigenvalue weighted by molar-refractivity contribution is -0.125. The Hall–Kier alpha value is -3.13. The third kappa shape index (κ3) is 5.45. The lowest BCUT2D eigenvalue weighted by Gasteiger charge is -2.29. The molecule has 2 amide bonds. The van der Waals surface area contributed by atoms with E-state index in [0.29, 0.717) is 23.7 Å². The van der Waals surface area contributed by atoms with Gasteiger partial charge in [-0.1, -0.05) is 0 Å². The van der Waals surface area contributed by atoms with E-state index >= 15 is 0 Å². The van der Waals surface area contributed by atoms with Crippen LogP contribution in [0.25, 0.3) is 0 Å². The smallest absolute Gasteiger partial charge is 0.243 e. The Morgan fingerprint density at radius 2 is 1.69 bits per heavy atom. The second-order valence-electron chi connectivity index (χ2n) is 6.77. The van der Waals surface area contributed by atoms with Gasteiger partial charge in [0.2, 0.25) is 11.8 Å². The highest BCUT2D eigenvalue weighted by atomic mass is 19.1. The van der Waals surface area contributed by atoms with E-state index in [4.69, 9.17) is 9.47 Å². The molecule has 0 atom stereocenters. The fourth-order valence-electron chi connectivity index (χ4n) is 3.25. The van der Waals surface area contributed by atoms with Crippen LogP contribution < -0.4 is 20.1 Å². The van der Waals surface area contributed by atoms with Crippen LogP contribution in [0.1, 0.15) is 11.1 Å². The molecule has 0 radical (unpaired) electrons. The average Bonchev–Trinajstić information content (AvgIpc) is 2.72. The van der Waals surface area contributed by atoms with E-state index in [2.05, 4.69) is 10.6 Å². The fraction of sp³-hybridized carbons (Fsp3) is 0.333. The van der Waals surface area contributed by atoms with E-state index in [1.54, 1.807) is 14.2 Å². The van der Waals surface area contributed by atoms with Crippen LogP contribution >= 0.6 is 0 Å². The first-order valence-electron chi connectivity index (χ1n) is 9.26. The minimum atomic E-state index is -0.379. The number of nitrogens with one attached hydrogen (secondary N) is 2. The first kappa shape index (κ1) is 20.6. The van der Waals surface area contributed by atoms with Gasteiger partial charge in [-0.25, -0.2) is 4.39 Å². The number of methoxy groups -OCH3 is 2. The molecule has 0 saturated carbocycles. The van der Waals surface area contributed by atoms with Crippen LogP contribution in [0.15, 0.2) is 36.4 Å². The summed E-state index contributed by atoms with van der Waals surface area (Å²) in [5.74, 6) is 0.379. The zero-order valence-corrected chi connectivity index (χ0v) is 16.5. The second-order valence-corrected chi connectivity index (χ2v) is 6.77. The largest absolute Gasteiger partial charge is 0.493 e. The Morgan fingerprint density at radius 3 is 2.34 bits per heavy atom. The number of amides is 2. The van der Waals surface area contributed by atoms with Gasteiger partial charge in [-0.3, -0.25) is 14.5 Å².